The van der Waals surface area contributed by atoms with Crippen LogP contribution < -0.4 is 5.32 Å². The van der Waals surface area contributed by atoms with Crippen molar-refractivity contribution in [2.45, 2.75) is 13.5 Å². The van der Waals surface area contributed by atoms with Gasteiger partial charge in [0.1, 0.15) is 5.69 Å². The van der Waals surface area contributed by atoms with E-state index in [1.54, 1.807) is 18.3 Å². The molecule has 0 aliphatic heterocycles. The first-order valence-electron chi connectivity index (χ1n) is 6.21. The summed E-state index contributed by atoms with van der Waals surface area (Å²) in [6, 6.07) is 3.27. The number of hydrogen-bond acceptors (Lipinski definition) is 4. The maximum absolute atomic E-state index is 12.1. The minimum absolute atomic E-state index is 0.177. The second-order valence-electron chi connectivity index (χ2n) is 4.32. The molecule has 0 fully saturated rings. The zero-order valence-corrected chi connectivity index (χ0v) is 11.3. The maximum atomic E-state index is 12.1. The predicted octanol–water partition coefficient (Wildman–Crippen LogP) is 1.14. The number of carbonyl (C=O) groups excluding carboxylic acids is 1. The number of carbonyl (C=O) groups is 2. The van der Waals surface area contributed by atoms with E-state index >= 15 is 0 Å². The molecule has 0 aliphatic carbocycles. The number of hydrogen-bond donors (Lipinski definition) is 3. The third-order valence-corrected chi connectivity index (χ3v) is 2.83. The van der Waals surface area contributed by atoms with Crippen LogP contribution in [0.15, 0.2) is 30.6 Å². The number of aryl methyl sites for hydroxylation is 1. The number of aromatic amines is 1. The highest BCUT2D eigenvalue weighted by atomic mass is 16.4. The van der Waals surface area contributed by atoms with Gasteiger partial charge in [-0.3, -0.25) is 14.9 Å². The summed E-state index contributed by atoms with van der Waals surface area (Å²) in [7, 11) is 0. The van der Waals surface area contributed by atoms with Gasteiger partial charge in [-0.2, -0.15) is 5.10 Å². The van der Waals surface area contributed by atoms with Crippen LogP contribution in [0.5, 0.6) is 0 Å². The van der Waals surface area contributed by atoms with Gasteiger partial charge in [0.2, 0.25) is 0 Å². The fourth-order valence-electron chi connectivity index (χ4n) is 1.72. The quantitative estimate of drug-likeness (QED) is 0.714. The summed E-state index contributed by atoms with van der Waals surface area (Å²) in [5.41, 5.74) is 2.38. The van der Waals surface area contributed by atoms with Crippen LogP contribution in [-0.4, -0.2) is 32.2 Å². The Hall–Kier alpha value is -2.96. The smallest absolute Gasteiger partial charge is 0.328 e. The van der Waals surface area contributed by atoms with Gasteiger partial charge in [-0.1, -0.05) is 6.07 Å². The summed E-state index contributed by atoms with van der Waals surface area (Å²) in [5.74, 6) is -1.46. The van der Waals surface area contributed by atoms with E-state index in [1.165, 1.54) is 12.3 Å². The molecule has 0 aromatic carbocycles. The first-order valence-corrected chi connectivity index (χ1v) is 6.21. The molecule has 0 aliphatic rings. The monoisotopic (exact) mass is 286 g/mol. The van der Waals surface area contributed by atoms with Gasteiger partial charge < -0.3 is 10.4 Å². The average Bonchev–Trinajstić information content (AvgIpc) is 2.88. The van der Waals surface area contributed by atoms with Crippen LogP contribution >= 0.6 is 0 Å². The third-order valence-electron chi connectivity index (χ3n) is 2.83. The molecule has 3 N–H and O–H groups in total. The Bertz CT molecular complexity index is 691. The van der Waals surface area contributed by atoms with E-state index < -0.39 is 5.97 Å². The molecule has 0 bridgehead atoms. The molecule has 2 heterocycles. The van der Waals surface area contributed by atoms with Gasteiger partial charge in [0.05, 0.1) is 6.20 Å². The number of aromatic nitrogens is 3. The van der Waals surface area contributed by atoms with Gasteiger partial charge in [-0.15, -0.1) is 0 Å². The van der Waals surface area contributed by atoms with Crippen LogP contribution in [0.2, 0.25) is 0 Å². The van der Waals surface area contributed by atoms with Crippen LogP contribution in [0.4, 0.5) is 0 Å². The lowest BCUT2D eigenvalue weighted by Crippen LogP contribution is -2.24. The predicted molar refractivity (Wildman–Crippen MR) is 75.4 cm³/mol. The molecule has 2 aromatic heterocycles. The Labute approximate surface area is 120 Å². The molecule has 0 saturated carbocycles. The minimum Gasteiger partial charge on any atom is -0.478 e. The molecular weight excluding hydrogens is 272 g/mol. The number of nitrogens with zero attached hydrogens (tertiary/aromatic N) is 2. The number of carboxylic acid groups (broad SMARTS) is 1. The van der Waals surface area contributed by atoms with Crippen molar-refractivity contribution in [3.63, 3.8) is 0 Å². The van der Waals surface area contributed by atoms with Crippen LogP contribution in [0.1, 0.15) is 27.3 Å². The largest absolute Gasteiger partial charge is 0.478 e. The highest BCUT2D eigenvalue weighted by molar-refractivity contribution is 5.97. The Morgan fingerprint density at radius 1 is 1.48 bits per heavy atom. The van der Waals surface area contributed by atoms with Gasteiger partial charge in [-0.25, -0.2) is 4.79 Å². The van der Waals surface area contributed by atoms with Gasteiger partial charge in [0, 0.05) is 35.6 Å². The van der Waals surface area contributed by atoms with Crippen molar-refractivity contribution in [1.82, 2.24) is 20.5 Å². The Kier molecular flexibility index (Phi) is 4.45. The summed E-state index contributed by atoms with van der Waals surface area (Å²) < 4.78 is 0. The van der Waals surface area contributed by atoms with Crippen molar-refractivity contribution in [2.24, 2.45) is 0 Å². The Morgan fingerprint density at radius 2 is 2.29 bits per heavy atom. The summed E-state index contributed by atoms with van der Waals surface area (Å²) in [5, 5.41) is 18.0. The van der Waals surface area contributed by atoms with E-state index in [-0.39, 0.29) is 11.6 Å². The zero-order chi connectivity index (χ0) is 15.2. The van der Waals surface area contributed by atoms with E-state index in [9.17, 15) is 9.59 Å². The summed E-state index contributed by atoms with van der Waals surface area (Å²) in [6.45, 7) is 2.18. The molecule has 21 heavy (non-hydrogen) atoms. The lowest BCUT2D eigenvalue weighted by atomic mass is 10.1. The molecule has 0 radical (unpaired) electrons. The van der Waals surface area contributed by atoms with Gasteiger partial charge in [0.15, 0.2) is 0 Å². The molecule has 2 aromatic rings. The first kappa shape index (κ1) is 14.4. The van der Waals surface area contributed by atoms with Gasteiger partial charge >= 0.3 is 5.97 Å². The lowest BCUT2D eigenvalue weighted by molar-refractivity contribution is -0.131. The van der Waals surface area contributed by atoms with Crippen LogP contribution in [-0.2, 0) is 11.3 Å². The first-order chi connectivity index (χ1) is 10.1. The van der Waals surface area contributed by atoms with Crippen molar-refractivity contribution in [2.75, 3.05) is 0 Å². The summed E-state index contributed by atoms with van der Waals surface area (Å²) >= 11 is 0. The molecule has 0 atom stereocenters. The Balaban J connectivity index is 2.12. The zero-order valence-electron chi connectivity index (χ0n) is 11.3. The lowest BCUT2D eigenvalue weighted by Gasteiger charge is -2.06. The maximum Gasteiger partial charge on any atom is 0.328 e. The molecule has 0 saturated heterocycles. The highest BCUT2D eigenvalue weighted by Crippen LogP contribution is 2.09. The summed E-state index contributed by atoms with van der Waals surface area (Å²) in [6.07, 6.45) is 5.43. The topological polar surface area (TPSA) is 108 Å². The number of H-pyrrole nitrogens is 1. The number of amides is 1. The molecule has 0 unspecified atom stereocenters. The Morgan fingerprint density at radius 3 is 2.95 bits per heavy atom. The molecule has 0 spiro atoms. The molecule has 7 nitrogen and oxygen atoms in total. The van der Waals surface area contributed by atoms with E-state index in [0.29, 0.717) is 12.1 Å². The highest BCUT2D eigenvalue weighted by Gasteiger charge is 2.11. The van der Waals surface area contributed by atoms with E-state index in [1.807, 2.05) is 6.92 Å². The second kappa shape index (κ2) is 6.47. The fourth-order valence-corrected chi connectivity index (χ4v) is 1.72. The molecule has 108 valence electrons. The van der Waals surface area contributed by atoms with Gasteiger partial charge in [0.25, 0.3) is 5.91 Å². The number of aliphatic carboxylic acids is 1. The normalized spacial score (nSPS) is 10.7. The third kappa shape index (κ3) is 3.75. The van der Waals surface area contributed by atoms with E-state index in [4.69, 9.17) is 5.11 Å². The van der Waals surface area contributed by atoms with Crippen molar-refractivity contribution < 1.29 is 14.7 Å². The second-order valence-corrected chi connectivity index (χ2v) is 4.32. The van der Waals surface area contributed by atoms with Crippen molar-refractivity contribution in [3.8, 4) is 0 Å². The summed E-state index contributed by atoms with van der Waals surface area (Å²) in [4.78, 5) is 26.7. The standard InChI is InChI=1S/C14H14N4O3/c1-9-11(8-17-18-9)7-16-14(21)13-10(3-2-6-15-13)4-5-12(19)20/h2-6,8H,7H2,1H3,(H,16,21)(H,17,18)(H,19,20)/b5-4+. The van der Waals surface area contributed by atoms with E-state index in [0.717, 1.165) is 17.3 Å². The number of pyridine rings is 1. The van der Waals surface area contributed by atoms with Crippen LogP contribution in [0, 0.1) is 6.92 Å². The minimum atomic E-state index is -1.08. The molecule has 1 amide bonds. The van der Waals surface area contributed by atoms with Crippen LogP contribution in [0.25, 0.3) is 6.08 Å². The van der Waals surface area contributed by atoms with Crippen molar-refractivity contribution >= 4 is 18.0 Å². The number of carboxylic acids is 1. The molecule has 2 rings (SSSR count). The average molecular weight is 286 g/mol. The molecular formula is C14H14N4O3. The van der Waals surface area contributed by atoms with Crippen molar-refractivity contribution in [1.29, 1.82) is 0 Å². The molecule has 7 heteroatoms. The van der Waals surface area contributed by atoms with Gasteiger partial charge in [-0.05, 0) is 19.1 Å². The van der Waals surface area contributed by atoms with Crippen molar-refractivity contribution in [3.05, 3.63) is 53.1 Å². The fraction of sp³-hybridized carbons (Fsp3) is 0.143. The van der Waals surface area contributed by atoms with Crippen LogP contribution in [0.3, 0.4) is 0 Å². The number of rotatable bonds is 5. The SMILES string of the molecule is Cc1[nH]ncc1CNC(=O)c1ncccc1/C=C/C(=O)O. The van der Waals surface area contributed by atoms with E-state index in [2.05, 4.69) is 20.5 Å². The number of nitrogens with one attached hydrogen (secondary N) is 2.